The molecule has 0 radical (unpaired) electrons. The number of rotatable bonds is 5. The smallest absolute Gasteiger partial charge is 0.259 e. The van der Waals surface area contributed by atoms with E-state index in [0.717, 1.165) is 35.5 Å². The molecule has 0 bridgehead atoms. The number of aryl methyl sites for hydroxylation is 1. The molecule has 2 amide bonds. The number of thiazole rings is 1. The van der Waals surface area contributed by atoms with Gasteiger partial charge in [0.2, 0.25) is 0 Å². The van der Waals surface area contributed by atoms with Gasteiger partial charge in [-0.05, 0) is 38.3 Å². The first-order valence-corrected chi connectivity index (χ1v) is 12.5. The van der Waals surface area contributed by atoms with Crippen LogP contribution >= 0.6 is 22.9 Å². The summed E-state index contributed by atoms with van der Waals surface area (Å²) < 4.78 is 11.1. The largest absolute Gasteiger partial charge is 0.494 e. The molecule has 11 heteroatoms. The summed E-state index contributed by atoms with van der Waals surface area (Å²) in [6, 6.07) is 3.47. The molecule has 0 spiro atoms. The highest BCUT2D eigenvalue weighted by Gasteiger charge is 2.33. The normalized spacial score (nSPS) is 17.2. The van der Waals surface area contributed by atoms with E-state index in [1.165, 1.54) is 30.8 Å². The van der Waals surface area contributed by atoms with Crippen LogP contribution in [0.2, 0.25) is 5.15 Å². The minimum atomic E-state index is -0.358. The average Bonchev–Trinajstić information content (AvgIpc) is 3.42. The van der Waals surface area contributed by atoms with Gasteiger partial charge in [-0.15, -0.1) is 0 Å². The molecule has 2 aliphatic rings. The van der Waals surface area contributed by atoms with Crippen LogP contribution in [0, 0.1) is 6.92 Å². The van der Waals surface area contributed by atoms with Crippen molar-refractivity contribution in [2.75, 3.05) is 19.0 Å². The molecular weight excluding hydrogens is 490 g/mol. The fraction of sp³-hybridized carbons (Fsp3) is 0.375. The van der Waals surface area contributed by atoms with E-state index in [9.17, 15) is 9.59 Å². The van der Waals surface area contributed by atoms with E-state index in [0.29, 0.717) is 47.3 Å². The summed E-state index contributed by atoms with van der Waals surface area (Å²) >= 11 is 7.50. The van der Waals surface area contributed by atoms with Crippen LogP contribution in [-0.2, 0) is 22.6 Å². The number of halogens is 1. The van der Waals surface area contributed by atoms with Crippen LogP contribution in [0.5, 0.6) is 5.75 Å². The Kier molecular flexibility index (Phi) is 6.68. The number of pyridine rings is 2. The van der Waals surface area contributed by atoms with Gasteiger partial charge in [-0.3, -0.25) is 19.9 Å². The highest BCUT2D eigenvalue weighted by Crippen LogP contribution is 2.35. The number of ether oxygens (including phenoxy) is 2. The third kappa shape index (κ3) is 4.86. The minimum absolute atomic E-state index is 0.0146. The molecule has 5 heterocycles. The maximum absolute atomic E-state index is 13.3. The molecule has 35 heavy (non-hydrogen) atoms. The monoisotopic (exact) mass is 513 g/mol. The highest BCUT2D eigenvalue weighted by atomic mass is 35.5. The van der Waals surface area contributed by atoms with Crippen molar-refractivity contribution in [1.82, 2.24) is 19.9 Å². The number of amides is 2. The van der Waals surface area contributed by atoms with Crippen molar-refractivity contribution >= 4 is 39.9 Å². The Morgan fingerprint density at radius 3 is 2.80 bits per heavy atom. The van der Waals surface area contributed by atoms with Gasteiger partial charge in [-0.2, -0.15) is 0 Å². The van der Waals surface area contributed by atoms with E-state index in [1.807, 2.05) is 13.0 Å². The van der Waals surface area contributed by atoms with Crippen molar-refractivity contribution in [3.63, 3.8) is 0 Å². The molecule has 0 aliphatic carbocycles. The zero-order valence-electron chi connectivity index (χ0n) is 19.3. The van der Waals surface area contributed by atoms with Gasteiger partial charge in [0.1, 0.15) is 17.0 Å². The lowest BCUT2D eigenvalue weighted by Gasteiger charge is -2.26. The first kappa shape index (κ1) is 23.7. The number of fused-ring (bicyclic) bond motifs is 1. The summed E-state index contributed by atoms with van der Waals surface area (Å²) in [7, 11) is 1.54. The molecule has 0 aromatic carbocycles. The summed E-state index contributed by atoms with van der Waals surface area (Å²) in [6.45, 7) is 3.38. The van der Waals surface area contributed by atoms with Crippen molar-refractivity contribution in [2.24, 2.45) is 0 Å². The quantitative estimate of drug-likeness (QED) is 0.508. The lowest BCUT2D eigenvalue weighted by Crippen LogP contribution is -2.39. The zero-order valence-corrected chi connectivity index (χ0v) is 20.9. The second-order valence-electron chi connectivity index (χ2n) is 8.47. The van der Waals surface area contributed by atoms with Gasteiger partial charge >= 0.3 is 0 Å². The molecular formula is C24H24ClN5O4S. The molecule has 1 saturated heterocycles. The SMILES string of the molecule is COc1cnc(Cl)cc1-c1cc(C)ncc1C(=O)Nc1nc2c(s1)CN(C(=O)[C@@H]1CCCCO1)C2. The first-order valence-electron chi connectivity index (χ1n) is 11.3. The maximum atomic E-state index is 13.3. The molecule has 0 unspecified atom stereocenters. The van der Waals surface area contributed by atoms with Gasteiger partial charge in [-0.1, -0.05) is 22.9 Å². The van der Waals surface area contributed by atoms with Crippen molar-refractivity contribution in [2.45, 2.75) is 45.4 Å². The lowest BCUT2D eigenvalue weighted by molar-refractivity contribution is -0.147. The lowest BCUT2D eigenvalue weighted by atomic mass is 10.0. The minimum Gasteiger partial charge on any atom is -0.494 e. The van der Waals surface area contributed by atoms with Crippen LogP contribution in [0.15, 0.2) is 24.5 Å². The van der Waals surface area contributed by atoms with E-state index in [2.05, 4.69) is 20.3 Å². The maximum Gasteiger partial charge on any atom is 0.259 e. The van der Waals surface area contributed by atoms with E-state index in [-0.39, 0.29) is 23.1 Å². The number of nitrogens with zero attached hydrogens (tertiary/aromatic N) is 4. The third-order valence-corrected chi connectivity index (χ3v) is 7.27. The molecule has 1 fully saturated rings. The molecule has 9 nitrogen and oxygen atoms in total. The Morgan fingerprint density at radius 2 is 2.06 bits per heavy atom. The van der Waals surface area contributed by atoms with Crippen LogP contribution in [0.1, 0.15) is 45.9 Å². The number of anilines is 1. The van der Waals surface area contributed by atoms with Gasteiger partial charge in [-0.25, -0.2) is 9.97 Å². The van der Waals surface area contributed by atoms with Gasteiger partial charge in [0.05, 0.1) is 42.5 Å². The molecule has 1 N–H and O–H groups in total. The molecule has 0 saturated carbocycles. The van der Waals surface area contributed by atoms with Crippen LogP contribution in [0.3, 0.4) is 0 Å². The highest BCUT2D eigenvalue weighted by molar-refractivity contribution is 7.16. The van der Waals surface area contributed by atoms with Crippen LogP contribution in [-0.4, -0.2) is 51.5 Å². The first-order chi connectivity index (χ1) is 16.9. The number of carbonyl (C=O) groups excluding carboxylic acids is 2. The van der Waals surface area contributed by atoms with E-state index in [4.69, 9.17) is 21.1 Å². The van der Waals surface area contributed by atoms with Gasteiger partial charge < -0.3 is 14.4 Å². The molecule has 3 aromatic rings. The van der Waals surface area contributed by atoms with E-state index >= 15 is 0 Å². The number of hydrogen-bond donors (Lipinski definition) is 1. The molecule has 3 aromatic heterocycles. The summed E-state index contributed by atoms with van der Waals surface area (Å²) in [5.41, 5.74) is 3.18. The summed E-state index contributed by atoms with van der Waals surface area (Å²) in [5.74, 6) is 0.160. The summed E-state index contributed by atoms with van der Waals surface area (Å²) in [6.07, 6.45) is 5.46. The predicted molar refractivity (Wildman–Crippen MR) is 132 cm³/mol. The molecule has 2 aliphatic heterocycles. The second kappa shape index (κ2) is 9.88. The zero-order chi connectivity index (χ0) is 24.5. The Hall–Kier alpha value is -3.08. The number of aromatic nitrogens is 3. The Balaban J connectivity index is 1.34. The Morgan fingerprint density at radius 1 is 1.20 bits per heavy atom. The van der Waals surface area contributed by atoms with E-state index in [1.54, 1.807) is 11.0 Å². The standard InChI is InChI=1S/C24H24ClN5O4S/c1-13-7-14(15-8-21(25)27-10-19(15)33-2)16(9-26-13)22(31)29-24-28-17-11-30(12-20(17)35-24)23(32)18-5-3-4-6-34-18/h7-10,18H,3-6,11-12H2,1-2H3,(H,28,29,31)/t18-/m0/s1. The van der Waals surface area contributed by atoms with Crippen molar-refractivity contribution < 1.29 is 19.1 Å². The van der Waals surface area contributed by atoms with Crippen LogP contribution in [0.4, 0.5) is 5.13 Å². The fourth-order valence-electron chi connectivity index (χ4n) is 4.31. The Bertz CT molecular complexity index is 1270. The number of hydrogen-bond acceptors (Lipinski definition) is 8. The van der Waals surface area contributed by atoms with Gasteiger partial charge in [0.25, 0.3) is 11.8 Å². The fourth-order valence-corrected chi connectivity index (χ4v) is 5.45. The third-order valence-electron chi connectivity index (χ3n) is 6.07. The molecule has 5 rings (SSSR count). The summed E-state index contributed by atoms with van der Waals surface area (Å²) in [5, 5.41) is 3.65. The van der Waals surface area contributed by atoms with Gasteiger partial charge in [0.15, 0.2) is 5.13 Å². The van der Waals surface area contributed by atoms with Gasteiger partial charge in [0, 0.05) is 29.6 Å². The number of carbonyl (C=O) groups is 2. The topological polar surface area (TPSA) is 107 Å². The Labute approximate surface area is 211 Å². The van der Waals surface area contributed by atoms with Crippen molar-refractivity contribution in [3.05, 3.63) is 51.5 Å². The molecule has 1 atom stereocenters. The predicted octanol–water partition coefficient (Wildman–Crippen LogP) is 4.23. The molecule has 182 valence electrons. The second-order valence-corrected chi connectivity index (χ2v) is 9.94. The summed E-state index contributed by atoms with van der Waals surface area (Å²) in [4.78, 5) is 41.7. The number of nitrogens with one attached hydrogen (secondary N) is 1. The number of methoxy groups -OCH3 is 1. The average molecular weight is 514 g/mol. The van der Waals surface area contributed by atoms with Crippen LogP contribution in [0.25, 0.3) is 11.1 Å². The van der Waals surface area contributed by atoms with Crippen molar-refractivity contribution in [3.8, 4) is 16.9 Å². The van der Waals surface area contributed by atoms with Crippen molar-refractivity contribution in [1.29, 1.82) is 0 Å². The van der Waals surface area contributed by atoms with E-state index < -0.39 is 0 Å². The van der Waals surface area contributed by atoms with Crippen LogP contribution < -0.4 is 10.1 Å².